The first kappa shape index (κ1) is 20.2. The molecule has 0 saturated carbocycles. The Hall–Kier alpha value is -3.08. The Morgan fingerprint density at radius 1 is 0.867 bits per heavy atom. The maximum Gasteiger partial charge on any atom is 0.282 e. The summed E-state index contributed by atoms with van der Waals surface area (Å²) in [5.74, 6) is 0.284. The number of benzene rings is 2. The summed E-state index contributed by atoms with van der Waals surface area (Å²) < 4.78 is 5.68. The fraction of sp³-hybridized carbons (Fsp3) is 0.360. The van der Waals surface area contributed by atoms with Crippen LogP contribution < -0.4 is 9.64 Å². The van der Waals surface area contributed by atoms with E-state index in [1.807, 2.05) is 55.5 Å². The molecule has 156 valence electrons. The van der Waals surface area contributed by atoms with Gasteiger partial charge in [-0.05, 0) is 62.4 Å². The lowest BCUT2D eigenvalue weighted by molar-refractivity contribution is -0.120. The van der Waals surface area contributed by atoms with E-state index in [1.54, 1.807) is 0 Å². The molecule has 0 bridgehead atoms. The highest BCUT2D eigenvalue weighted by atomic mass is 16.5. The predicted molar refractivity (Wildman–Crippen MR) is 118 cm³/mol. The highest BCUT2D eigenvalue weighted by Crippen LogP contribution is 2.36. The number of imide groups is 1. The molecule has 2 aromatic rings. The van der Waals surface area contributed by atoms with Crippen molar-refractivity contribution in [3.05, 3.63) is 65.4 Å². The second kappa shape index (κ2) is 8.74. The molecule has 0 unspecified atom stereocenters. The zero-order chi connectivity index (χ0) is 21.1. The van der Waals surface area contributed by atoms with Crippen LogP contribution in [0.2, 0.25) is 0 Å². The Balaban J connectivity index is 1.74. The molecule has 0 aromatic heterocycles. The third-order valence-electron chi connectivity index (χ3n) is 5.64. The van der Waals surface area contributed by atoms with Gasteiger partial charge in [0, 0.05) is 13.1 Å². The standard InChI is InChI=1S/C25H28N2O3/c1-3-17-30-21-13-9-19(10-14-21)22-23(26-15-5-4-6-16-26)25(29)27(24(22)28)20-11-7-18(2)8-12-20/h7-14H,3-6,15-17H2,1-2H3. The minimum absolute atomic E-state index is 0.230. The molecule has 2 aromatic carbocycles. The van der Waals surface area contributed by atoms with E-state index in [9.17, 15) is 9.59 Å². The van der Waals surface area contributed by atoms with Crippen LogP contribution in [0, 0.1) is 6.92 Å². The summed E-state index contributed by atoms with van der Waals surface area (Å²) in [6.45, 7) is 6.31. The van der Waals surface area contributed by atoms with E-state index in [1.165, 1.54) is 4.90 Å². The number of hydrogen-bond donors (Lipinski definition) is 0. The fourth-order valence-corrected chi connectivity index (χ4v) is 4.06. The zero-order valence-corrected chi connectivity index (χ0v) is 17.7. The molecule has 2 aliphatic heterocycles. The van der Waals surface area contributed by atoms with Gasteiger partial charge in [0.25, 0.3) is 11.8 Å². The topological polar surface area (TPSA) is 49.9 Å². The van der Waals surface area contributed by atoms with Crippen molar-refractivity contribution in [3.63, 3.8) is 0 Å². The van der Waals surface area contributed by atoms with Gasteiger partial charge in [0.15, 0.2) is 0 Å². The minimum atomic E-state index is -0.258. The van der Waals surface area contributed by atoms with Gasteiger partial charge in [-0.25, -0.2) is 4.90 Å². The van der Waals surface area contributed by atoms with Gasteiger partial charge in [-0.2, -0.15) is 0 Å². The highest BCUT2D eigenvalue weighted by molar-refractivity contribution is 6.45. The summed E-state index contributed by atoms with van der Waals surface area (Å²) in [5.41, 5.74) is 3.48. The van der Waals surface area contributed by atoms with Crippen LogP contribution in [0.1, 0.15) is 43.7 Å². The lowest BCUT2D eigenvalue weighted by Crippen LogP contribution is -2.37. The molecule has 1 saturated heterocycles. The number of carbonyl (C=O) groups excluding carboxylic acids is 2. The van der Waals surface area contributed by atoms with Gasteiger partial charge >= 0.3 is 0 Å². The molecule has 0 N–H and O–H groups in total. The summed E-state index contributed by atoms with van der Waals surface area (Å²) >= 11 is 0. The quantitative estimate of drug-likeness (QED) is 0.663. The number of anilines is 1. The lowest BCUT2D eigenvalue weighted by atomic mass is 10.0. The van der Waals surface area contributed by atoms with Crippen LogP contribution in [0.3, 0.4) is 0 Å². The van der Waals surface area contributed by atoms with Gasteiger partial charge in [0.1, 0.15) is 11.4 Å². The van der Waals surface area contributed by atoms with Crippen molar-refractivity contribution in [3.8, 4) is 5.75 Å². The van der Waals surface area contributed by atoms with Gasteiger partial charge in [-0.15, -0.1) is 0 Å². The molecular formula is C25H28N2O3. The van der Waals surface area contributed by atoms with Gasteiger partial charge in [-0.3, -0.25) is 9.59 Å². The minimum Gasteiger partial charge on any atom is -0.494 e. The predicted octanol–water partition coefficient (Wildman–Crippen LogP) is 4.55. The maximum absolute atomic E-state index is 13.5. The van der Waals surface area contributed by atoms with E-state index in [0.29, 0.717) is 23.6 Å². The number of ether oxygens (including phenoxy) is 1. The Bertz CT molecular complexity index is 955. The molecule has 0 aliphatic carbocycles. The molecule has 2 aliphatic rings. The smallest absolute Gasteiger partial charge is 0.282 e. The SMILES string of the molecule is CCCOc1ccc(C2=C(N3CCCCC3)C(=O)N(c3ccc(C)cc3)C2=O)cc1. The van der Waals surface area contributed by atoms with Gasteiger partial charge < -0.3 is 9.64 Å². The Morgan fingerprint density at radius 2 is 1.53 bits per heavy atom. The molecule has 4 rings (SSSR count). The van der Waals surface area contributed by atoms with Gasteiger partial charge in [0.05, 0.1) is 17.9 Å². The molecule has 5 nitrogen and oxygen atoms in total. The number of carbonyl (C=O) groups is 2. The maximum atomic E-state index is 13.5. The van der Waals surface area contributed by atoms with Crippen LogP contribution in [0.15, 0.2) is 54.2 Å². The first-order chi connectivity index (χ1) is 14.6. The van der Waals surface area contributed by atoms with Crippen molar-refractivity contribution >= 4 is 23.1 Å². The molecule has 0 atom stereocenters. The van der Waals surface area contributed by atoms with Crippen molar-refractivity contribution < 1.29 is 14.3 Å². The van der Waals surface area contributed by atoms with Crippen LogP contribution >= 0.6 is 0 Å². The Morgan fingerprint density at radius 3 is 2.17 bits per heavy atom. The van der Waals surface area contributed by atoms with Crippen molar-refractivity contribution in [1.29, 1.82) is 0 Å². The number of nitrogens with zero attached hydrogens (tertiary/aromatic N) is 2. The first-order valence-electron chi connectivity index (χ1n) is 10.8. The van der Waals surface area contributed by atoms with Crippen molar-refractivity contribution in [2.24, 2.45) is 0 Å². The monoisotopic (exact) mass is 404 g/mol. The second-order valence-electron chi connectivity index (χ2n) is 7.93. The Labute approximate surface area is 177 Å². The number of amides is 2. The average molecular weight is 405 g/mol. The van der Waals surface area contributed by atoms with Crippen LogP contribution in [0.4, 0.5) is 5.69 Å². The number of rotatable bonds is 6. The lowest BCUT2D eigenvalue weighted by Gasteiger charge is -2.29. The van der Waals surface area contributed by atoms with Gasteiger partial charge in [-0.1, -0.05) is 36.8 Å². The zero-order valence-electron chi connectivity index (χ0n) is 17.7. The number of hydrogen-bond acceptors (Lipinski definition) is 4. The summed E-state index contributed by atoms with van der Waals surface area (Å²) in [4.78, 5) is 30.4. The fourth-order valence-electron chi connectivity index (χ4n) is 4.06. The molecule has 2 heterocycles. The molecular weight excluding hydrogens is 376 g/mol. The summed E-state index contributed by atoms with van der Waals surface area (Å²) in [7, 11) is 0. The van der Waals surface area contributed by atoms with Gasteiger partial charge in [0.2, 0.25) is 0 Å². The molecule has 0 radical (unpaired) electrons. The molecule has 0 spiro atoms. The van der Waals surface area contributed by atoms with E-state index >= 15 is 0 Å². The van der Waals surface area contributed by atoms with Crippen LogP contribution in [-0.2, 0) is 9.59 Å². The summed E-state index contributed by atoms with van der Waals surface area (Å²) in [5, 5.41) is 0. The van der Waals surface area contributed by atoms with Crippen LogP contribution in [0.5, 0.6) is 5.75 Å². The van der Waals surface area contributed by atoms with Crippen LogP contribution in [0.25, 0.3) is 5.57 Å². The summed E-state index contributed by atoms with van der Waals surface area (Å²) in [6, 6.07) is 15.0. The third-order valence-corrected chi connectivity index (χ3v) is 5.64. The van der Waals surface area contributed by atoms with Crippen molar-refractivity contribution in [2.45, 2.75) is 39.5 Å². The van der Waals surface area contributed by atoms with Crippen molar-refractivity contribution in [1.82, 2.24) is 4.90 Å². The normalized spacial score (nSPS) is 17.1. The van der Waals surface area contributed by atoms with E-state index in [4.69, 9.17) is 4.74 Å². The molecule has 2 amide bonds. The van der Waals surface area contributed by atoms with Crippen LogP contribution in [-0.4, -0.2) is 36.4 Å². The molecule has 30 heavy (non-hydrogen) atoms. The number of likely N-dealkylation sites (tertiary alicyclic amines) is 1. The summed E-state index contributed by atoms with van der Waals surface area (Å²) in [6.07, 6.45) is 4.16. The van der Waals surface area contributed by atoms with E-state index in [0.717, 1.165) is 55.6 Å². The largest absolute Gasteiger partial charge is 0.494 e. The van der Waals surface area contributed by atoms with E-state index < -0.39 is 0 Å². The third kappa shape index (κ3) is 3.84. The van der Waals surface area contributed by atoms with E-state index in [2.05, 4.69) is 11.8 Å². The average Bonchev–Trinajstić information content (AvgIpc) is 3.04. The van der Waals surface area contributed by atoms with Crippen molar-refractivity contribution in [2.75, 3.05) is 24.6 Å². The molecule has 1 fully saturated rings. The number of piperidine rings is 1. The highest BCUT2D eigenvalue weighted by Gasteiger charge is 2.42. The number of aryl methyl sites for hydroxylation is 1. The first-order valence-corrected chi connectivity index (χ1v) is 10.8. The Kier molecular flexibility index (Phi) is 5.88. The molecule has 5 heteroatoms. The van der Waals surface area contributed by atoms with E-state index in [-0.39, 0.29) is 11.8 Å². The second-order valence-corrected chi connectivity index (χ2v) is 7.93.